The normalized spacial score (nSPS) is 10.8. The molecule has 0 aliphatic rings. The lowest BCUT2D eigenvalue weighted by molar-refractivity contribution is -0.163. The third-order valence-electron chi connectivity index (χ3n) is 2.84. The van der Waals surface area contributed by atoms with Gasteiger partial charge in [0.15, 0.2) is 0 Å². The minimum atomic E-state index is -1.63. The van der Waals surface area contributed by atoms with E-state index in [1.807, 2.05) is 0 Å². The second kappa shape index (κ2) is 11.3. The van der Waals surface area contributed by atoms with Crippen molar-refractivity contribution in [2.45, 2.75) is 25.3 Å². The summed E-state index contributed by atoms with van der Waals surface area (Å²) >= 11 is 0. The topological polar surface area (TPSA) is 165 Å². The summed E-state index contributed by atoms with van der Waals surface area (Å²) in [5, 5.41) is 0. The van der Waals surface area contributed by atoms with Gasteiger partial charge in [-0.2, -0.15) is 0 Å². The molecular formula is C16H19NO10. The molecule has 0 aliphatic carbocycles. The van der Waals surface area contributed by atoms with Crippen LogP contribution in [0.25, 0.3) is 0 Å². The number of hydrogen-bond donors (Lipinski definition) is 1. The zero-order valence-electron chi connectivity index (χ0n) is 14.8. The average Bonchev–Trinajstić information content (AvgIpc) is 2.60. The molecule has 0 saturated heterocycles. The van der Waals surface area contributed by atoms with E-state index < -0.39 is 61.1 Å². The second-order valence-electron chi connectivity index (χ2n) is 4.99. The molecule has 0 heterocycles. The maximum atomic E-state index is 11.7. The molecule has 0 rings (SSSR count). The zero-order chi connectivity index (χ0) is 21.1. The lowest BCUT2D eigenvalue weighted by Crippen LogP contribution is -2.37. The van der Waals surface area contributed by atoms with Crippen LogP contribution in [0.1, 0.15) is 19.3 Å². The maximum Gasteiger partial charge on any atom is 0.341 e. The average molecular weight is 385 g/mol. The first-order chi connectivity index (χ1) is 12.5. The predicted octanol–water partition coefficient (Wildman–Crippen LogP) is -0.918. The van der Waals surface area contributed by atoms with E-state index in [4.69, 9.17) is 5.73 Å². The van der Waals surface area contributed by atoms with Crippen molar-refractivity contribution in [3.8, 4) is 0 Å². The molecule has 0 aromatic rings. The van der Waals surface area contributed by atoms with Crippen LogP contribution in [-0.4, -0.2) is 56.1 Å². The van der Waals surface area contributed by atoms with Crippen LogP contribution in [0, 0.1) is 0 Å². The molecule has 0 unspecified atom stereocenters. The first-order valence-electron chi connectivity index (χ1n) is 7.27. The molecule has 0 aromatic carbocycles. The lowest BCUT2D eigenvalue weighted by Gasteiger charge is -2.10. The van der Waals surface area contributed by atoms with Gasteiger partial charge in [0.25, 0.3) is 0 Å². The fraction of sp³-hybridized carbons (Fsp3) is 0.375. The molecule has 11 heteroatoms. The molecular weight excluding hydrogens is 366 g/mol. The zero-order valence-corrected chi connectivity index (χ0v) is 14.8. The molecule has 0 aliphatic heterocycles. The number of ether oxygens (including phenoxy) is 4. The van der Waals surface area contributed by atoms with E-state index in [0.29, 0.717) is 0 Å². The van der Waals surface area contributed by atoms with Crippen molar-refractivity contribution in [1.82, 2.24) is 0 Å². The summed E-state index contributed by atoms with van der Waals surface area (Å²) in [4.78, 5) is 68.3. The van der Waals surface area contributed by atoms with Crippen LogP contribution in [-0.2, 0) is 47.7 Å². The molecule has 0 radical (unpaired) electrons. The SMILES string of the molecule is C=C(CC(=O)OC)C(=O)OC(=O)C[C@H](N)C(=O)OC(=O)C(=C)CC(=O)OC. The van der Waals surface area contributed by atoms with Gasteiger partial charge in [0.2, 0.25) is 0 Å². The first kappa shape index (κ1) is 23.7. The molecule has 0 bridgehead atoms. The number of carbonyl (C=O) groups excluding carboxylic acids is 6. The fourth-order valence-corrected chi connectivity index (χ4v) is 1.36. The van der Waals surface area contributed by atoms with Crippen LogP contribution in [0.15, 0.2) is 24.3 Å². The lowest BCUT2D eigenvalue weighted by atomic mass is 10.2. The summed E-state index contributed by atoms with van der Waals surface area (Å²) in [6.45, 7) is 6.51. The number of carbonyl (C=O) groups is 6. The van der Waals surface area contributed by atoms with Gasteiger partial charge in [-0.25, -0.2) is 14.4 Å². The minimum absolute atomic E-state index is 0.347. The number of hydrogen-bond acceptors (Lipinski definition) is 11. The molecule has 0 fully saturated rings. The first-order valence-corrected chi connectivity index (χ1v) is 7.27. The minimum Gasteiger partial charge on any atom is -0.469 e. The molecule has 148 valence electrons. The van der Waals surface area contributed by atoms with Crippen molar-refractivity contribution in [2.75, 3.05) is 14.2 Å². The molecule has 27 heavy (non-hydrogen) atoms. The Bertz CT molecular complexity index is 679. The van der Waals surface area contributed by atoms with Gasteiger partial charge in [0.1, 0.15) is 6.04 Å². The van der Waals surface area contributed by atoms with Gasteiger partial charge in [-0.15, -0.1) is 0 Å². The van der Waals surface area contributed by atoms with E-state index in [2.05, 4.69) is 32.1 Å². The fourth-order valence-electron chi connectivity index (χ4n) is 1.36. The summed E-state index contributed by atoms with van der Waals surface area (Å²) < 4.78 is 17.4. The maximum absolute atomic E-state index is 11.7. The Hall–Kier alpha value is -3.34. The summed E-state index contributed by atoms with van der Waals surface area (Å²) in [6.07, 6.45) is -1.79. The smallest absolute Gasteiger partial charge is 0.341 e. The Kier molecular flexibility index (Phi) is 9.91. The third kappa shape index (κ3) is 9.07. The van der Waals surface area contributed by atoms with Crippen LogP contribution in [0.5, 0.6) is 0 Å². The Morgan fingerprint density at radius 3 is 1.59 bits per heavy atom. The van der Waals surface area contributed by atoms with Crippen LogP contribution in [0.4, 0.5) is 0 Å². The van der Waals surface area contributed by atoms with Crippen LogP contribution >= 0.6 is 0 Å². The van der Waals surface area contributed by atoms with E-state index in [1.165, 1.54) is 0 Å². The van der Waals surface area contributed by atoms with Crippen LogP contribution in [0.2, 0.25) is 0 Å². The van der Waals surface area contributed by atoms with Gasteiger partial charge in [-0.3, -0.25) is 14.4 Å². The van der Waals surface area contributed by atoms with Crippen molar-refractivity contribution >= 4 is 35.8 Å². The molecule has 0 amide bonds. The van der Waals surface area contributed by atoms with E-state index in [0.717, 1.165) is 14.2 Å². The van der Waals surface area contributed by atoms with Crippen LogP contribution in [0.3, 0.4) is 0 Å². The van der Waals surface area contributed by atoms with Gasteiger partial charge in [-0.05, 0) is 0 Å². The monoisotopic (exact) mass is 385 g/mol. The number of methoxy groups -OCH3 is 2. The highest BCUT2D eigenvalue weighted by atomic mass is 16.6. The number of nitrogens with two attached hydrogens (primary N) is 1. The number of rotatable bonds is 9. The second-order valence-corrected chi connectivity index (χ2v) is 4.99. The Balaban J connectivity index is 4.51. The van der Waals surface area contributed by atoms with Gasteiger partial charge in [-0.1, -0.05) is 13.2 Å². The van der Waals surface area contributed by atoms with E-state index >= 15 is 0 Å². The number of esters is 6. The molecule has 0 saturated carbocycles. The van der Waals surface area contributed by atoms with E-state index in [9.17, 15) is 28.8 Å². The largest absolute Gasteiger partial charge is 0.469 e. The highest BCUT2D eigenvalue weighted by Crippen LogP contribution is 2.07. The van der Waals surface area contributed by atoms with Gasteiger partial charge >= 0.3 is 35.8 Å². The van der Waals surface area contributed by atoms with Gasteiger partial charge < -0.3 is 24.7 Å². The Morgan fingerprint density at radius 1 is 0.778 bits per heavy atom. The standard InChI is InChI=1S/C16H19NO10/c1-8(5-11(18)24-3)14(21)26-13(20)7-10(17)16(23)27-15(22)9(2)6-12(19)25-4/h10H,1-2,5-7,17H2,3-4H3/t10-/m0/s1. The Labute approximate surface area is 154 Å². The van der Waals surface area contributed by atoms with Crippen LogP contribution < -0.4 is 5.73 Å². The van der Waals surface area contributed by atoms with Gasteiger partial charge in [0.05, 0.1) is 33.5 Å². The molecule has 0 aromatic heterocycles. The molecule has 1 atom stereocenters. The summed E-state index contributed by atoms with van der Waals surface area (Å²) in [5.74, 6) is -6.48. The summed E-state index contributed by atoms with van der Waals surface area (Å²) in [7, 11) is 2.19. The van der Waals surface area contributed by atoms with Crippen molar-refractivity contribution < 1.29 is 47.7 Å². The molecule has 0 spiro atoms. The predicted molar refractivity (Wildman–Crippen MR) is 86.3 cm³/mol. The summed E-state index contributed by atoms with van der Waals surface area (Å²) in [6, 6.07) is -1.63. The molecule has 11 nitrogen and oxygen atoms in total. The van der Waals surface area contributed by atoms with Crippen molar-refractivity contribution in [1.29, 1.82) is 0 Å². The van der Waals surface area contributed by atoms with Crippen molar-refractivity contribution in [3.05, 3.63) is 24.3 Å². The highest BCUT2D eigenvalue weighted by molar-refractivity contribution is 6.02. The molecule has 2 N–H and O–H groups in total. The summed E-state index contributed by atoms with van der Waals surface area (Å²) in [5.41, 5.74) is 4.68. The Morgan fingerprint density at radius 2 is 1.19 bits per heavy atom. The van der Waals surface area contributed by atoms with E-state index in [1.54, 1.807) is 0 Å². The third-order valence-corrected chi connectivity index (χ3v) is 2.84. The van der Waals surface area contributed by atoms with Crippen molar-refractivity contribution in [2.24, 2.45) is 5.73 Å². The van der Waals surface area contributed by atoms with E-state index in [-0.39, 0.29) is 11.1 Å². The highest BCUT2D eigenvalue weighted by Gasteiger charge is 2.26. The van der Waals surface area contributed by atoms with Crippen molar-refractivity contribution in [3.63, 3.8) is 0 Å². The van der Waals surface area contributed by atoms with Gasteiger partial charge in [0, 0.05) is 11.1 Å². The quantitative estimate of drug-likeness (QED) is 0.226.